The molecular weight excluding hydrogens is 236 g/mol. The van der Waals surface area contributed by atoms with Crippen LogP contribution >= 0.6 is 0 Å². The normalized spacial score (nSPS) is 10.8. The maximum Gasteiger partial charge on any atom is 0.229 e. The lowest BCUT2D eigenvalue weighted by atomic mass is 10.0. The van der Waals surface area contributed by atoms with Crippen LogP contribution in [0.15, 0.2) is 54.9 Å². The van der Waals surface area contributed by atoms with Crippen molar-refractivity contribution in [3.05, 3.63) is 66.2 Å². The Morgan fingerprint density at radius 1 is 1.16 bits per heavy atom. The van der Waals surface area contributed by atoms with Gasteiger partial charge in [-0.3, -0.25) is 4.79 Å². The topological polar surface area (TPSA) is 34.9 Å². The summed E-state index contributed by atoms with van der Waals surface area (Å²) in [4.78, 5) is 16.8. The lowest BCUT2D eigenvalue weighted by Crippen LogP contribution is -2.10. The molecule has 0 aliphatic heterocycles. The highest BCUT2D eigenvalue weighted by atomic mass is 16.1. The molecule has 94 valence electrons. The molecule has 0 spiro atoms. The molecular formula is C16H14N2O. The van der Waals surface area contributed by atoms with Gasteiger partial charge in [-0.25, -0.2) is 4.98 Å². The Kier molecular flexibility index (Phi) is 2.88. The van der Waals surface area contributed by atoms with Gasteiger partial charge in [-0.1, -0.05) is 42.5 Å². The van der Waals surface area contributed by atoms with Gasteiger partial charge >= 0.3 is 0 Å². The van der Waals surface area contributed by atoms with Crippen LogP contribution in [0.1, 0.15) is 23.1 Å². The van der Waals surface area contributed by atoms with Crippen molar-refractivity contribution in [3.63, 3.8) is 0 Å². The number of aryl methyl sites for hydroxylation is 1. The Balaban J connectivity index is 2.17. The van der Waals surface area contributed by atoms with Gasteiger partial charge in [0.05, 0.1) is 0 Å². The van der Waals surface area contributed by atoms with Crippen LogP contribution in [0, 0.1) is 0 Å². The minimum absolute atomic E-state index is 0.0244. The van der Waals surface area contributed by atoms with Gasteiger partial charge in [0.2, 0.25) is 5.78 Å². The van der Waals surface area contributed by atoms with Gasteiger partial charge in [-0.2, -0.15) is 0 Å². The third-order valence-corrected chi connectivity index (χ3v) is 3.29. The van der Waals surface area contributed by atoms with E-state index in [2.05, 4.69) is 4.98 Å². The average molecular weight is 250 g/mol. The molecule has 1 aromatic heterocycles. The Hall–Kier alpha value is -2.42. The molecule has 0 atom stereocenters. The fourth-order valence-electron chi connectivity index (χ4n) is 2.32. The molecule has 0 radical (unpaired) electrons. The van der Waals surface area contributed by atoms with Crippen molar-refractivity contribution in [2.45, 2.75) is 13.5 Å². The Morgan fingerprint density at radius 2 is 1.95 bits per heavy atom. The van der Waals surface area contributed by atoms with Crippen molar-refractivity contribution in [2.75, 3.05) is 0 Å². The summed E-state index contributed by atoms with van der Waals surface area (Å²) in [5.41, 5.74) is 0.707. The standard InChI is InChI=1S/C16H14N2O/c1-2-18-11-10-17-16(18)15(19)14-9-5-7-12-6-3-4-8-13(12)14/h3-11H,2H2,1H3. The fraction of sp³-hybridized carbons (Fsp3) is 0.125. The first kappa shape index (κ1) is 11.7. The van der Waals surface area contributed by atoms with Crippen LogP contribution in [0.25, 0.3) is 10.8 Å². The molecule has 0 saturated heterocycles. The zero-order chi connectivity index (χ0) is 13.2. The number of rotatable bonds is 3. The van der Waals surface area contributed by atoms with Crippen molar-refractivity contribution in [1.29, 1.82) is 0 Å². The first-order chi connectivity index (χ1) is 9.31. The number of carbonyl (C=O) groups excluding carboxylic acids is 1. The fourth-order valence-corrected chi connectivity index (χ4v) is 2.32. The van der Waals surface area contributed by atoms with Crippen LogP contribution in [0.3, 0.4) is 0 Å². The molecule has 0 aliphatic carbocycles. The summed E-state index contributed by atoms with van der Waals surface area (Å²) in [6, 6.07) is 13.7. The number of nitrogens with zero attached hydrogens (tertiary/aromatic N) is 2. The number of ketones is 1. The third-order valence-electron chi connectivity index (χ3n) is 3.29. The summed E-state index contributed by atoms with van der Waals surface area (Å²) < 4.78 is 1.87. The van der Waals surface area contributed by atoms with E-state index >= 15 is 0 Å². The van der Waals surface area contributed by atoms with Crippen molar-refractivity contribution in [2.24, 2.45) is 0 Å². The van der Waals surface area contributed by atoms with Gasteiger partial charge in [0, 0.05) is 24.5 Å². The number of fused-ring (bicyclic) bond motifs is 1. The number of carbonyl (C=O) groups is 1. The molecule has 0 bridgehead atoms. The smallest absolute Gasteiger partial charge is 0.229 e. The number of benzene rings is 2. The largest absolute Gasteiger partial charge is 0.328 e. The summed E-state index contributed by atoms with van der Waals surface area (Å²) in [5.74, 6) is 0.475. The average Bonchev–Trinajstić information content (AvgIpc) is 2.94. The highest BCUT2D eigenvalue weighted by molar-refractivity contribution is 6.14. The van der Waals surface area contributed by atoms with Crippen LogP contribution < -0.4 is 0 Å². The van der Waals surface area contributed by atoms with Gasteiger partial charge in [-0.15, -0.1) is 0 Å². The van der Waals surface area contributed by atoms with E-state index in [0.29, 0.717) is 11.4 Å². The van der Waals surface area contributed by atoms with Crippen LogP contribution in [-0.2, 0) is 6.54 Å². The lowest BCUT2D eigenvalue weighted by Gasteiger charge is -2.07. The molecule has 3 aromatic rings. The summed E-state index contributed by atoms with van der Waals surface area (Å²) in [6.45, 7) is 2.74. The molecule has 19 heavy (non-hydrogen) atoms. The molecule has 2 aromatic carbocycles. The molecule has 3 nitrogen and oxygen atoms in total. The lowest BCUT2D eigenvalue weighted by molar-refractivity contribution is 0.102. The van der Waals surface area contributed by atoms with E-state index < -0.39 is 0 Å². The zero-order valence-corrected chi connectivity index (χ0v) is 10.7. The summed E-state index contributed by atoms with van der Waals surface area (Å²) in [5, 5.41) is 2.05. The van der Waals surface area contributed by atoms with Gasteiger partial charge in [0.25, 0.3) is 0 Å². The SMILES string of the molecule is CCn1ccnc1C(=O)c1cccc2ccccc12. The highest BCUT2D eigenvalue weighted by Gasteiger charge is 2.16. The monoisotopic (exact) mass is 250 g/mol. The van der Waals surface area contributed by atoms with E-state index in [1.165, 1.54) is 0 Å². The second kappa shape index (κ2) is 4.69. The summed E-state index contributed by atoms with van der Waals surface area (Å²) in [7, 11) is 0. The first-order valence-corrected chi connectivity index (χ1v) is 6.35. The first-order valence-electron chi connectivity index (χ1n) is 6.35. The molecule has 0 unspecified atom stereocenters. The second-order valence-corrected chi connectivity index (χ2v) is 4.39. The van der Waals surface area contributed by atoms with E-state index in [1.54, 1.807) is 6.20 Å². The maximum absolute atomic E-state index is 12.6. The Bertz CT molecular complexity index is 738. The van der Waals surface area contributed by atoms with E-state index in [1.807, 2.05) is 60.2 Å². The minimum atomic E-state index is -0.0244. The van der Waals surface area contributed by atoms with E-state index in [-0.39, 0.29) is 5.78 Å². The maximum atomic E-state index is 12.6. The molecule has 0 aliphatic rings. The Morgan fingerprint density at radius 3 is 2.79 bits per heavy atom. The van der Waals surface area contributed by atoms with Gasteiger partial charge in [0.15, 0.2) is 5.82 Å². The number of hydrogen-bond donors (Lipinski definition) is 0. The summed E-state index contributed by atoms with van der Waals surface area (Å²) in [6.07, 6.45) is 3.50. The molecule has 0 amide bonds. The van der Waals surface area contributed by atoms with Crippen LogP contribution in [0.2, 0.25) is 0 Å². The third kappa shape index (κ3) is 1.93. The molecule has 0 N–H and O–H groups in total. The second-order valence-electron chi connectivity index (χ2n) is 4.39. The van der Waals surface area contributed by atoms with Gasteiger partial charge in [0.1, 0.15) is 0 Å². The van der Waals surface area contributed by atoms with E-state index in [0.717, 1.165) is 17.3 Å². The molecule has 0 fully saturated rings. The van der Waals surface area contributed by atoms with Crippen molar-refractivity contribution >= 4 is 16.6 Å². The van der Waals surface area contributed by atoms with Gasteiger partial charge < -0.3 is 4.57 Å². The molecule has 3 rings (SSSR count). The quantitative estimate of drug-likeness (QED) is 0.668. The number of imidazole rings is 1. The van der Waals surface area contributed by atoms with Crippen molar-refractivity contribution in [3.8, 4) is 0 Å². The molecule has 1 heterocycles. The molecule has 0 saturated carbocycles. The number of aromatic nitrogens is 2. The zero-order valence-electron chi connectivity index (χ0n) is 10.7. The van der Waals surface area contributed by atoms with E-state index in [4.69, 9.17) is 0 Å². The van der Waals surface area contributed by atoms with E-state index in [9.17, 15) is 4.79 Å². The van der Waals surface area contributed by atoms with Crippen LogP contribution in [0.4, 0.5) is 0 Å². The molecule has 3 heteroatoms. The highest BCUT2D eigenvalue weighted by Crippen LogP contribution is 2.20. The predicted molar refractivity (Wildman–Crippen MR) is 75.3 cm³/mol. The minimum Gasteiger partial charge on any atom is -0.328 e. The number of hydrogen-bond acceptors (Lipinski definition) is 2. The van der Waals surface area contributed by atoms with Gasteiger partial charge in [-0.05, 0) is 17.7 Å². The van der Waals surface area contributed by atoms with Crippen LogP contribution in [0.5, 0.6) is 0 Å². The predicted octanol–water partition coefficient (Wildman–Crippen LogP) is 3.29. The van der Waals surface area contributed by atoms with Crippen molar-refractivity contribution in [1.82, 2.24) is 9.55 Å². The van der Waals surface area contributed by atoms with Crippen molar-refractivity contribution < 1.29 is 4.79 Å². The summed E-state index contributed by atoms with van der Waals surface area (Å²) >= 11 is 0. The Labute approximate surface area is 111 Å². The van der Waals surface area contributed by atoms with Crippen LogP contribution in [-0.4, -0.2) is 15.3 Å².